The second-order valence-corrected chi connectivity index (χ2v) is 6.25. The maximum absolute atomic E-state index is 6.18. The molecule has 0 atom stereocenters. The highest BCUT2D eigenvalue weighted by atomic mass is 35.5. The summed E-state index contributed by atoms with van der Waals surface area (Å²) >= 11 is 12.4. The van der Waals surface area contributed by atoms with Crippen LogP contribution in [0.1, 0.15) is 17.5 Å². The molecule has 0 spiro atoms. The van der Waals surface area contributed by atoms with E-state index in [1.165, 1.54) is 23.2 Å². The molecule has 0 bridgehead atoms. The second-order valence-electron chi connectivity index (χ2n) is 5.44. The van der Waals surface area contributed by atoms with Gasteiger partial charge in [-0.25, -0.2) is 0 Å². The first-order chi connectivity index (χ1) is 10.1. The molecule has 2 nitrogen and oxygen atoms in total. The monoisotopic (exact) mass is 320 g/mol. The molecule has 110 valence electrons. The zero-order valence-corrected chi connectivity index (χ0v) is 13.5. The molecule has 0 radical (unpaired) electrons. The smallest absolute Gasteiger partial charge is 0.0721 e. The maximum atomic E-state index is 6.18. The van der Waals surface area contributed by atoms with Gasteiger partial charge in [0.25, 0.3) is 0 Å². The third-order valence-corrected chi connectivity index (χ3v) is 4.56. The highest BCUT2D eigenvalue weighted by Gasteiger charge is 2.13. The van der Waals surface area contributed by atoms with E-state index in [2.05, 4.69) is 35.5 Å². The molecule has 2 aromatic rings. The van der Waals surface area contributed by atoms with Crippen LogP contribution in [0.25, 0.3) is 0 Å². The van der Waals surface area contributed by atoms with Gasteiger partial charge in [-0.3, -0.25) is 0 Å². The van der Waals surface area contributed by atoms with Gasteiger partial charge in [0, 0.05) is 25.8 Å². The normalized spacial score (nSPS) is 14.0. The van der Waals surface area contributed by atoms with Crippen molar-refractivity contribution in [1.82, 2.24) is 0 Å². The predicted molar refractivity (Wildman–Crippen MR) is 91.8 cm³/mol. The first-order valence-corrected chi connectivity index (χ1v) is 7.91. The molecule has 0 unspecified atom stereocenters. The number of hydrogen-bond acceptors (Lipinski definition) is 2. The van der Waals surface area contributed by atoms with E-state index >= 15 is 0 Å². The molecule has 0 saturated heterocycles. The lowest BCUT2D eigenvalue weighted by atomic mass is 9.99. The van der Waals surface area contributed by atoms with Gasteiger partial charge in [-0.1, -0.05) is 41.4 Å². The van der Waals surface area contributed by atoms with Crippen molar-refractivity contribution < 1.29 is 0 Å². The molecular formula is C17H18Cl2N2. The van der Waals surface area contributed by atoms with Gasteiger partial charge in [0.1, 0.15) is 0 Å². The number of aryl methyl sites for hydroxylation is 1. The van der Waals surface area contributed by atoms with Crippen LogP contribution >= 0.6 is 23.2 Å². The van der Waals surface area contributed by atoms with Crippen LogP contribution in [-0.2, 0) is 13.0 Å². The fourth-order valence-electron chi connectivity index (χ4n) is 2.81. The molecule has 0 fully saturated rings. The summed E-state index contributed by atoms with van der Waals surface area (Å²) in [5.41, 5.74) is 4.82. The summed E-state index contributed by atoms with van der Waals surface area (Å²) in [7, 11) is 2.15. The Labute approximate surface area is 135 Å². The van der Waals surface area contributed by atoms with E-state index in [0.717, 1.165) is 25.2 Å². The van der Waals surface area contributed by atoms with E-state index in [1.54, 1.807) is 0 Å². The molecule has 0 aliphatic carbocycles. The van der Waals surface area contributed by atoms with Gasteiger partial charge >= 0.3 is 0 Å². The van der Waals surface area contributed by atoms with E-state index in [0.29, 0.717) is 10.0 Å². The Morgan fingerprint density at radius 2 is 1.90 bits per heavy atom. The minimum Gasteiger partial charge on any atom is -0.379 e. The highest BCUT2D eigenvalue weighted by Crippen LogP contribution is 2.31. The number of halogens is 2. The Balaban J connectivity index is 1.77. The molecule has 1 heterocycles. The predicted octanol–water partition coefficient (Wildman–Crippen LogP) is 4.99. The van der Waals surface area contributed by atoms with Gasteiger partial charge in [0.15, 0.2) is 0 Å². The average Bonchev–Trinajstić information content (AvgIpc) is 2.47. The van der Waals surface area contributed by atoms with Crippen LogP contribution in [0.4, 0.5) is 11.4 Å². The zero-order chi connectivity index (χ0) is 14.8. The van der Waals surface area contributed by atoms with Crippen molar-refractivity contribution in [2.24, 2.45) is 0 Å². The van der Waals surface area contributed by atoms with Crippen molar-refractivity contribution in [3.8, 4) is 0 Å². The standard InChI is InChI=1S/C17H18Cl2N2/c1-21-9-3-4-13-10-12(7-8-16(13)21)11-20-17-14(18)5-2-6-15(17)19/h2,5-8,10,20H,3-4,9,11H2,1H3. The summed E-state index contributed by atoms with van der Waals surface area (Å²) in [5, 5.41) is 4.64. The summed E-state index contributed by atoms with van der Waals surface area (Å²) in [6.07, 6.45) is 2.37. The molecule has 3 rings (SSSR count). The molecule has 1 aliphatic rings. The number of benzene rings is 2. The molecule has 0 saturated carbocycles. The van der Waals surface area contributed by atoms with E-state index in [4.69, 9.17) is 23.2 Å². The van der Waals surface area contributed by atoms with Crippen molar-refractivity contribution in [3.05, 3.63) is 57.6 Å². The largest absolute Gasteiger partial charge is 0.379 e. The van der Waals surface area contributed by atoms with Crippen LogP contribution in [-0.4, -0.2) is 13.6 Å². The van der Waals surface area contributed by atoms with E-state index < -0.39 is 0 Å². The summed E-state index contributed by atoms with van der Waals surface area (Å²) < 4.78 is 0. The van der Waals surface area contributed by atoms with Crippen molar-refractivity contribution in [1.29, 1.82) is 0 Å². The van der Waals surface area contributed by atoms with Crippen molar-refractivity contribution in [3.63, 3.8) is 0 Å². The van der Waals surface area contributed by atoms with Crippen LogP contribution in [0.15, 0.2) is 36.4 Å². The number of hydrogen-bond donors (Lipinski definition) is 1. The SMILES string of the molecule is CN1CCCc2cc(CNc3c(Cl)cccc3Cl)ccc21. The Morgan fingerprint density at radius 1 is 1.14 bits per heavy atom. The average molecular weight is 321 g/mol. The number of fused-ring (bicyclic) bond motifs is 1. The van der Waals surface area contributed by atoms with Crippen LogP contribution in [0.2, 0.25) is 10.0 Å². The highest BCUT2D eigenvalue weighted by molar-refractivity contribution is 6.39. The van der Waals surface area contributed by atoms with E-state index in [9.17, 15) is 0 Å². The van der Waals surface area contributed by atoms with E-state index in [1.807, 2.05) is 18.2 Å². The second kappa shape index (κ2) is 6.17. The topological polar surface area (TPSA) is 15.3 Å². The summed E-state index contributed by atoms with van der Waals surface area (Å²) in [6, 6.07) is 12.2. The number of anilines is 2. The lowest BCUT2D eigenvalue weighted by molar-refractivity contribution is 0.743. The number of rotatable bonds is 3. The number of nitrogens with zero attached hydrogens (tertiary/aromatic N) is 1. The van der Waals surface area contributed by atoms with Crippen molar-refractivity contribution in [2.75, 3.05) is 23.8 Å². The van der Waals surface area contributed by atoms with Crippen molar-refractivity contribution in [2.45, 2.75) is 19.4 Å². The van der Waals surface area contributed by atoms with Gasteiger partial charge in [0.2, 0.25) is 0 Å². The van der Waals surface area contributed by atoms with Crippen LogP contribution < -0.4 is 10.2 Å². The minimum atomic E-state index is 0.653. The molecule has 4 heteroatoms. The Bertz CT molecular complexity index is 635. The number of para-hydroxylation sites is 1. The molecule has 1 N–H and O–H groups in total. The van der Waals surface area contributed by atoms with Gasteiger partial charge < -0.3 is 10.2 Å². The minimum absolute atomic E-state index is 0.653. The first kappa shape index (κ1) is 14.6. The third-order valence-electron chi connectivity index (χ3n) is 3.93. The fourth-order valence-corrected chi connectivity index (χ4v) is 3.34. The Kier molecular flexibility index (Phi) is 4.27. The van der Waals surface area contributed by atoms with Crippen LogP contribution in [0, 0.1) is 0 Å². The van der Waals surface area contributed by atoms with Gasteiger partial charge in [-0.15, -0.1) is 0 Å². The number of nitrogens with one attached hydrogen (secondary N) is 1. The van der Waals surface area contributed by atoms with Crippen molar-refractivity contribution >= 4 is 34.6 Å². The maximum Gasteiger partial charge on any atom is 0.0721 e. The molecule has 0 amide bonds. The van der Waals surface area contributed by atoms with Gasteiger partial charge in [-0.2, -0.15) is 0 Å². The molecule has 0 aromatic heterocycles. The lowest BCUT2D eigenvalue weighted by Crippen LogP contribution is -2.24. The van der Waals surface area contributed by atoms with Gasteiger partial charge in [0.05, 0.1) is 15.7 Å². The fraction of sp³-hybridized carbons (Fsp3) is 0.294. The summed E-state index contributed by atoms with van der Waals surface area (Å²) in [6.45, 7) is 1.86. The summed E-state index contributed by atoms with van der Waals surface area (Å²) in [5.74, 6) is 0. The molecular weight excluding hydrogens is 303 g/mol. The molecule has 21 heavy (non-hydrogen) atoms. The quantitative estimate of drug-likeness (QED) is 0.857. The molecule has 2 aromatic carbocycles. The molecule has 1 aliphatic heterocycles. The van der Waals surface area contributed by atoms with Crippen LogP contribution in [0.3, 0.4) is 0 Å². The first-order valence-electron chi connectivity index (χ1n) is 7.16. The summed E-state index contributed by atoms with van der Waals surface area (Å²) in [4.78, 5) is 2.32. The zero-order valence-electron chi connectivity index (χ0n) is 12.0. The van der Waals surface area contributed by atoms with Gasteiger partial charge in [-0.05, 0) is 42.2 Å². The van der Waals surface area contributed by atoms with Crippen LogP contribution in [0.5, 0.6) is 0 Å². The Morgan fingerprint density at radius 3 is 2.67 bits per heavy atom. The van der Waals surface area contributed by atoms with E-state index in [-0.39, 0.29) is 0 Å². The Hall–Kier alpha value is -1.38. The lowest BCUT2D eigenvalue weighted by Gasteiger charge is -2.28. The third kappa shape index (κ3) is 3.12.